The minimum atomic E-state index is -3.35. The molecule has 0 saturated heterocycles. The molecule has 0 radical (unpaired) electrons. The van der Waals surface area contributed by atoms with Crippen LogP contribution in [-0.2, 0) is 0 Å². The van der Waals surface area contributed by atoms with Gasteiger partial charge in [0.05, 0.1) is 0 Å². The van der Waals surface area contributed by atoms with E-state index in [0.717, 1.165) is 6.92 Å². The Balaban J connectivity index is 4.57. The maximum atomic E-state index is 12.9. The predicted octanol–water partition coefficient (Wildman–Crippen LogP) is 2.95. The van der Waals surface area contributed by atoms with Crippen molar-refractivity contribution in [1.82, 2.24) is 0 Å². The van der Waals surface area contributed by atoms with Crippen LogP contribution in [0.25, 0.3) is 0 Å². The van der Waals surface area contributed by atoms with Gasteiger partial charge in [-0.1, -0.05) is 6.58 Å². The Hall–Kier alpha value is -0.470. The molecule has 0 fully saturated rings. The highest BCUT2D eigenvalue weighted by molar-refractivity contribution is 5.12. The molecule has 60 valence electrons. The SMILES string of the molecule is C=C(C)C(C)(F)C(C)(F)F. The van der Waals surface area contributed by atoms with E-state index in [-0.39, 0.29) is 5.57 Å². The highest BCUT2D eigenvalue weighted by Crippen LogP contribution is 2.36. The van der Waals surface area contributed by atoms with Crippen molar-refractivity contribution in [2.45, 2.75) is 32.4 Å². The second-order valence-corrected chi connectivity index (χ2v) is 2.67. The smallest absolute Gasteiger partial charge is 0.233 e. The third kappa shape index (κ3) is 1.52. The van der Waals surface area contributed by atoms with Crippen LogP contribution in [0.4, 0.5) is 13.2 Å². The standard InChI is InChI=1S/C7H11F3/c1-5(2)6(3,8)7(4,9)10/h1H2,2-4H3. The molecule has 1 unspecified atom stereocenters. The van der Waals surface area contributed by atoms with Crippen LogP contribution < -0.4 is 0 Å². The molecule has 0 aliphatic carbocycles. The first kappa shape index (κ1) is 9.53. The van der Waals surface area contributed by atoms with Crippen LogP contribution in [0.3, 0.4) is 0 Å². The predicted molar refractivity (Wildman–Crippen MR) is 34.9 cm³/mol. The molecule has 0 aromatic carbocycles. The summed E-state index contributed by atoms with van der Waals surface area (Å²) in [4.78, 5) is 0. The molecule has 3 heteroatoms. The highest BCUT2D eigenvalue weighted by atomic mass is 19.3. The zero-order valence-electron chi connectivity index (χ0n) is 6.34. The van der Waals surface area contributed by atoms with Gasteiger partial charge in [0.25, 0.3) is 5.92 Å². The first-order valence-electron chi connectivity index (χ1n) is 2.92. The molecule has 1 atom stereocenters. The Bertz CT molecular complexity index is 141. The topological polar surface area (TPSA) is 0 Å². The Morgan fingerprint density at radius 3 is 1.50 bits per heavy atom. The van der Waals surface area contributed by atoms with Gasteiger partial charge in [0.2, 0.25) is 0 Å². The van der Waals surface area contributed by atoms with E-state index in [1.54, 1.807) is 0 Å². The van der Waals surface area contributed by atoms with Crippen LogP contribution in [0, 0.1) is 0 Å². The van der Waals surface area contributed by atoms with Crippen molar-refractivity contribution in [2.75, 3.05) is 0 Å². The van der Waals surface area contributed by atoms with Gasteiger partial charge in [-0.2, -0.15) is 0 Å². The van der Waals surface area contributed by atoms with E-state index in [9.17, 15) is 13.2 Å². The molecule has 10 heavy (non-hydrogen) atoms. The minimum Gasteiger partial charge on any atom is -0.233 e. The summed E-state index contributed by atoms with van der Waals surface area (Å²) in [5.74, 6) is -3.35. The fraction of sp³-hybridized carbons (Fsp3) is 0.714. The van der Waals surface area contributed by atoms with Crippen molar-refractivity contribution in [2.24, 2.45) is 0 Å². The third-order valence-electron chi connectivity index (χ3n) is 1.63. The maximum Gasteiger partial charge on any atom is 0.282 e. The molecule has 0 aromatic rings. The lowest BCUT2D eigenvalue weighted by molar-refractivity contribution is -0.0936. The molecule has 0 saturated carbocycles. The van der Waals surface area contributed by atoms with Crippen molar-refractivity contribution >= 4 is 0 Å². The van der Waals surface area contributed by atoms with Gasteiger partial charge in [-0.25, -0.2) is 13.2 Å². The van der Waals surface area contributed by atoms with Gasteiger partial charge in [0, 0.05) is 6.92 Å². The van der Waals surface area contributed by atoms with Crippen LogP contribution in [0.2, 0.25) is 0 Å². The molecule has 0 aromatic heterocycles. The molecule has 0 spiro atoms. The summed E-state index contributed by atoms with van der Waals surface area (Å²) in [7, 11) is 0. The number of allylic oxidation sites excluding steroid dienone is 1. The van der Waals surface area contributed by atoms with Crippen LogP contribution in [-0.4, -0.2) is 11.6 Å². The van der Waals surface area contributed by atoms with Gasteiger partial charge in [-0.3, -0.25) is 0 Å². The maximum absolute atomic E-state index is 12.9. The zero-order chi connectivity index (χ0) is 8.58. The zero-order valence-corrected chi connectivity index (χ0v) is 6.34. The first-order chi connectivity index (χ1) is 4.19. The van der Waals surface area contributed by atoms with E-state index in [1.165, 1.54) is 6.92 Å². The van der Waals surface area contributed by atoms with Crippen molar-refractivity contribution in [1.29, 1.82) is 0 Å². The molecule has 0 aliphatic rings. The molecule has 0 rings (SSSR count). The summed E-state index contributed by atoms with van der Waals surface area (Å²) in [5.41, 5.74) is -2.74. The molecule has 0 N–H and O–H groups in total. The van der Waals surface area contributed by atoms with Gasteiger partial charge < -0.3 is 0 Å². The Morgan fingerprint density at radius 2 is 1.50 bits per heavy atom. The van der Waals surface area contributed by atoms with E-state index in [0.29, 0.717) is 6.92 Å². The van der Waals surface area contributed by atoms with Crippen LogP contribution >= 0.6 is 0 Å². The van der Waals surface area contributed by atoms with Crippen LogP contribution in [0.1, 0.15) is 20.8 Å². The summed E-state index contributed by atoms with van der Waals surface area (Å²) >= 11 is 0. The second kappa shape index (κ2) is 2.29. The monoisotopic (exact) mass is 152 g/mol. The Morgan fingerprint density at radius 1 is 1.20 bits per heavy atom. The highest BCUT2D eigenvalue weighted by Gasteiger charge is 2.47. The Labute approximate surface area is 58.7 Å². The molecular weight excluding hydrogens is 141 g/mol. The number of hydrogen-bond acceptors (Lipinski definition) is 0. The average molecular weight is 152 g/mol. The summed E-state index contributed by atoms with van der Waals surface area (Å²) in [5, 5.41) is 0. The lowest BCUT2D eigenvalue weighted by atomic mass is 9.94. The first-order valence-corrected chi connectivity index (χ1v) is 2.92. The van der Waals surface area contributed by atoms with Crippen molar-refractivity contribution < 1.29 is 13.2 Å². The van der Waals surface area contributed by atoms with E-state index >= 15 is 0 Å². The number of halogens is 3. The lowest BCUT2D eigenvalue weighted by Crippen LogP contribution is -2.39. The normalized spacial score (nSPS) is 18.2. The summed E-state index contributed by atoms with van der Waals surface area (Å²) in [6.45, 7) is 5.76. The summed E-state index contributed by atoms with van der Waals surface area (Å²) in [6, 6.07) is 0. The molecule has 0 aliphatic heterocycles. The molecule has 0 amide bonds. The van der Waals surface area contributed by atoms with Gasteiger partial charge in [0.1, 0.15) is 0 Å². The Kier molecular flexibility index (Phi) is 2.18. The van der Waals surface area contributed by atoms with Gasteiger partial charge in [-0.05, 0) is 19.4 Å². The quantitative estimate of drug-likeness (QED) is 0.533. The van der Waals surface area contributed by atoms with E-state index < -0.39 is 11.6 Å². The molecule has 0 heterocycles. The lowest BCUT2D eigenvalue weighted by Gasteiger charge is -2.27. The summed E-state index contributed by atoms with van der Waals surface area (Å²) < 4.78 is 37.5. The van der Waals surface area contributed by atoms with E-state index in [4.69, 9.17) is 0 Å². The van der Waals surface area contributed by atoms with Crippen LogP contribution in [0.5, 0.6) is 0 Å². The average Bonchev–Trinajstić information content (AvgIpc) is 1.62. The van der Waals surface area contributed by atoms with Gasteiger partial charge in [-0.15, -0.1) is 0 Å². The minimum absolute atomic E-state index is 0.153. The van der Waals surface area contributed by atoms with Crippen molar-refractivity contribution in [3.05, 3.63) is 12.2 Å². The summed E-state index contributed by atoms with van der Waals surface area (Å²) in [6.07, 6.45) is 0. The van der Waals surface area contributed by atoms with Crippen molar-refractivity contribution in [3.8, 4) is 0 Å². The largest absolute Gasteiger partial charge is 0.282 e. The van der Waals surface area contributed by atoms with Crippen molar-refractivity contribution in [3.63, 3.8) is 0 Å². The third-order valence-corrected chi connectivity index (χ3v) is 1.63. The number of alkyl halides is 3. The molecule has 0 nitrogen and oxygen atoms in total. The van der Waals surface area contributed by atoms with E-state index in [1.807, 2.05) is 0 Å². The van der Waals surface area contributed by atoms with E-state index in [2.05, 4.69) is 6.58 Å². The number of rotatable bonds is 2. The molecule has 0 bridgehead atoms. The molecular formula is C7H11F3. The van der Waals surface area contributed by atoms with Gasteiger partial charge in [0.15, 0.2) is 5.67 Å². The second-order valence-electron chi connectivity index (χ2n) is 2.67. The number of hydrogen-bond donors (Lipinski definition) is 0. The fourth-order valence-electron chi connectivity index (χ4n) is 0.375. The fourth-order valence-corrected chi connectivity index (χ4v) is 0.375. The van der Waals surface area contributed by atoms with Gasteiger partial charge >= 0.3 is 0 Å². The van der Waals surface area contributed by atoms with Crippen LogP contribution in [0.15, 0.2) is 12.2 Å².